The van der Waals surface area contributed by atoms with E-state index in [1.807, 2.05) is 30.3 Å². The number of aliphatic carboxylic acids is 1. The third-order valence-electron chi connectivity index (χ3n) is 3.13. The summed E-state index contributed by atoms with van der Waals surface area (Å²) in [5, 5.41) is 13.0. The van der Waals surface area contributed by atoms with E-state index in [1.54, 1.807) is 25.4 Å². The smallest absolute Gasteiger partial charge is 0.323 e. The summed E-state index contributed by atoms with van der Waals surface area (Å²) in [6.45, 7) is 1.63. The predicted octanol–water partition coefficient (Wildman–Crippen LogP) is 1.56. The van der Waals surface area contributed by atoms with E-state index in [0.717, 1.165) is 5.56 Å². The maximum atomic E-state index is 12.5. The topological polar surface area (TPSA) is 75.4 Å². The molecule has 0 aliphatic heterocycles. The largest absolute Gasteiger partial charge is 0.480 e. The maximum Gasteiger partial charge on any atom is 0.323 e. The lowest BCUT2D eigenvalue weighted by Gasteiger charge is -2.24. The van der Waals surface area contributed by atoms with Gasteiger partial charge in [-0.2, -0.15) is 5.10 Å². The quantitative estimate of drug-likeness (QED) is 0.874. The van der Waals surface area contributed by atoms with Gasteiger partial charge in [0.2, 0.25) is 5.91 Å². The molecule has 1 aromatic carbocycles. The number of hydrogen-bond acceptors (Lipinski definition) is 3. The summed E-state index contributed by atoms with van der Waals surface area (Å²) < 4.78 is 1.52. The lowest BCUT2D eigenvalue weighted by atomic mass is 10.2. The van der Waals surface area contributed by atoms with E-state index in [2.05, 4.69) is 5.10 Å². The molecular weight excluding hydrogens is 270 g/mol. The van der Waals surface area contributed by atoms with Crippen molar-refractivity contribution in [2.45, 2.75) is 19.5 Å². The molecule has 2 aromatic rings. The third kappa shape index (κ3) is 3.92. The summed E-state index contributed by atoms with van der Waals surface area (Å²) in [5.41, 5.74) is 0.889. The molecule has 1 atom stereocenters. The number of carboxylic acid groups (broad SMARTS) is 1. The maximum absolute atomic E-state index is 12.5. The van der Waals surface area contributed by atoms with Crippen LogP contribution in [-0.4, -0.2) is 38.2 Å². The second kappa shape index (κ2) is 6.69. The van der Waals surface area contributed by atoms with Crippen LogP contribution >= 0.6 is 0 Å². The molecule has 0 bridgehead atoms. The number of benzene rings is 1. The van der Waals surface area contributed by atoms with E-state index in [9.17, 15) is 9.59 Å². The van der Waals surface area contributed by atoms with Gasteiger partial charge in [0.25, 0.3) is 0 Å². The van der Waals surface area contributed by atoms with Crippen molar-refractivity contribution in [3.05, 3.63) is 54.4 Å². The van der Waals surface area contributed by atoms with Crippen LogP contribution in [0.1, 0.15) is 18.5 Å². The third-order valence-corrected chi connectivity index (χ3v) is 3.13. The summed E-state index contributed by atoms with van der Waals surface area (Å²) in [7, 11) is 0. The number of nitrogens with zero attached hydrogens (tertiary/aromatic N) is 3. The molecule has 2 rings (SSSR count). The molecule has 1 amide bonds. The number of rotatable bonds is 6. The van der Waals surface area contributed by atoms with Crippen molar-refractivity contribution in [2.24, 2.45) is 0 Å². The highest BCUT2D eigenvalue weighted by molar-refractivity contribution is 5.83. The van der Waals surface area contributed by atoms with Crippen LogP contribution in [0.3, 0.4) is 0 Å². The van der Waals surface area contributed by atoms with Gasteiger partial charge in [0, 0.05) is 18.9 Å². The average Bonchev–Trinajstić information content (AvgIpc) is 3.00. The Morgan fingerprint density at radius 2 is 2.00 bits per heavy atom. The minimum Gasteiger partial charge on any atom is -0.480 e. The average molecular weight is 287 g/mol. The molecule has 110 valence electrons. The van der Waals surface area contributed by atoms with Gasteiger partial charge >= 0.3 is 5.97 Å². The number of amides is 1. The number of carboxylic acids is 1. The second-order valence-electron chi connectivity index (χ2n) is 4.74. The van der Waals surface area contributed by atoms with Gasteiger partial charge in [-0.25, -0.2) is 0 Å². The van der Waals surface area contributed by atoms with Gasteiger partial charge in [-0.15, -0.1) is 0 Å². The molecule has 0 aliphatic rings. The minimum absolute atomic E-state index is 0.261. The highest BCUT2D eigenvalue weighted by Crippen LogP contribution is 2.12. The molecule has 0 aliphatic carbocycles. The van der Waals surface area contributed by atoms with E-state index in [1.165, 1.54) is 9.58 Å². The standard InChI is InChI=1S/C15H17N3O3/c1-12(18-9-5-8-16-18)15(21)17(11-14(19)20)10-13-6-3-2-4-7-13/h2-9,12H,10-11H2,1H3,(H,19,20)/t12-/m0/s1. The Bertz CT molecular complexity index is 596. The molecular formula is C15H17N3O3. The first kappa shape index (κ1) is 14.8. The molecule has 6 nitrogen and oxygen atoms in total. The fourth-order valence-electron chi connectivity index (χ4n) is 2.07. The van der Waals surface area contributed by atoms with Gasteiger partial charge in [-0.05, 0) is 18.6 Å². The number of carbonyl (C=O) groups is 2. The summed E-state index contributed by atoms with van der Waals surface area (Å²) in [5.74, 6) is -1.31. The lowest BCUT2D eigenvalue weighted by molar-refractivity contribution is -0.146. The molecule has 1 N–H and O–H groups in total. The summed E-state index contributed by atoms with van der Waals surface area (Å²) in [4.78, 5) is 24.8. The van der Waals surface area contributed by atoms with Crippen LogP contribution in [0.2, 0.25) is 0 Å². The highest BCUT2D eigenvalue weighted by Gasteiger charge is 2.24. The Morgan fingerprint density at radius 1 is 1.29 bits per heavy atom. The van der Waals surface area contributed by atoms with Crippen molar-refractivity contribution in [1.29, 1.82) is 0 Å². The van der Waals surface area contributed by atoms with Gasteiger partial charge < -0.3 is 10.0 Å². The number of hydrogen-bond donors (Lipinski definition) is 1. The summed E-state index contributed by atoms with van der Waals surface area (Å²) >= 11 is 0. The molecule has 0 spiro atoms. The Balaban J connectivity index is 2.15. The second-order valence-corrected chi connectivity index (χ2v) is 4.74. The Labute approximate surface area is 122 Å². The van der Waals surface area contributed by atoms with E-state index >= 15 is 0 Å². The minimum atomic E-state index is -1.04. The van der Waals surface area contributed by atoms with Crippen molar-refractivity contribution in [3.63, 3.8) is 0 Å². The molecule has 0 unspecified atom stereocenters. The zero-order chi connectivity index (χ0) is 15.2. The highest BCUT2D eigenvalue weighted by atomic mass is 16.4. The number of carbonyl (C=O) groups excluding carboxylic acids is 1. The van der Waals surface area contributed by atoms with Gasteiger partial charge in [0.05, 0.1) is 0 Å². The Hall–Kier alpha value is -2.63. The van der Waals surface area contributed by atoms with Gasteiger partial charge in [0.1, 0.15) is 12.6 Å². The zero-order valence-corrected chi connectivity index (χ0v) is 11.7. The van der Waals surface area contributed by atoms with Crippen LogP contribution in [0.4, 0.5) is 0 Å². The van der Waals surface area contributed by atoms with E-state index < -0.39 is 12.0 Å². The van der Waals surface area contributed by atoms with Crippen molar-refractivity contribution >= 4 is 11.9 Å². The monoisotopic (exact) mass is 287 g/mol. The molecule has 1 aromatic heterocycles. The van der Waals surface area contributed by atoms with E-state index in [4.69, 9.17) is 5.11 Å². The molecule has 0 saturated heterocycles. The Kier molecular flexibility index (Phi) is 4.71. The van der Waals surface area contributed by atoms with Gasteiger partial charge in [0.15, 0.2) is 0 Å². The van der Waals surface area contributed by atoms with Crippen LogP contribution < -0.4 is 0 Å². The first-order valence-corrected chi connectivity index (χ1v) is 6.61. The van der Waals surface area contributed by atoms with Crippen molar-refractivity contribution in [1.82, 2.24) is 14.7 Å². The molecule has 1 heterocycles. The first-order valence-electron chi connectivity index (χ1n) is 6.61. The van der Waals surface area contributed by atoms with Gasteiger partial charge in [-0.3, -0.25) is 14.3 Å². The zero-order valence-electron chi connectivity index (χ0n) is 11.7. The fraction of sp³-hybridized carbons (Fsp3) is 0.267. The van der Waals surface area contributed by atoms with E-state index in [0.29, 0.717) is 0 Å². The van der Waals surface area contributed by atoms with Crippen LogP contribution in [0.5, 0.6) is 0 Å². The molecule has 0 saturated carbocycles. The number of aromatic nitrogens is 2. The lowest BCUT2D eigenvalue weighted by Crippen LogP contribution is -2.39. The summed E-state index contributed by atoms with van der Waals surface area (Å²) in [6, 6.07) is 10.5. The first-order chi connectivity index (χ1) is 10.1. The van der Waals surface area contributed by atoms with Crippen LogP contribution in [0, 0.1) is 0 Å². The Morgan fingerprint density at radius 3 is 2.57 bits per heavy atom. The van der Waals surface area contributed by atoms with Crippen LogP contribution in [0.25, 0.3) is 0 Å². The fourth-order valence-corrected chi connectivity index (χ4v) is 2.07. The predicted molar refractivity (Wildman–Crippen MR) is 76.4 cm³/mol. The SMILES string of the molecule is C[C@@H](C(=O)N(CC(=O)O)Cc1ccccc1)n1cccn1. The van der Waals surface area contributed by atoms with Crippen molar-refractivity contribution in [2.75, 3.05) is 6.54 Å². The normalized spacial score (nSPS) is 11.9. The van der Waals surface area contributed by atoms with E-state index in [-0.39, 0.29) is 19.0 Å². The molecule has 0 fully saturated rings. The van der Waals surface area contributed by atoms with Gasteiger partial charge in [-0.1, -0.05) is 30.3 Å². The van der Waals surface area contributed by atoms with Crippen LogP contribution in [-0.2, 0) is 16.1 Å². The molecule has 0 radical (unpaired) electrons. The van der Waals surface area contributed by atoms with Crippen molar-refractivity contribution < 1.29 is 14.7 Å². The summed E-state index contributed by atoms with van der Waals surface area (Å²) in [6.07, 6.45) is 3.27. The molecule has 21 heavy (non-hydrogen) atoms. The van der Waals surface area contributed by atoms with Crippen molar-refractivity contribution in [3.8, 4) is 0 Å². The molecule has 6 heteroatoms. The van der Waals surface area contributed by atoms with Crippen LogP contribution in [0.15, 0.2) is 48.8 Å².